The molecular weight excluding hydrogens is 382 g/mol. The number of fused-ring (bicyclic) bond motifs is 1. The second-order valence-corrected chi connectivity index (χ2v) is 8.28. The molecule has 0 radical (unpaired) electrons. The van der Waals surface area contributed by atoms with Crippen LogP contribution in [0.25, 0.3) is 5.65 Å². The fourth-order valence-electron chi connectivity index (χ4n) is 4.19. The number of anilines is 1. The predicted molar refractivity (Wildman–Crippen MR) is 105 cm³/mol. The molecule has 1 aromatic carbocycles. The van der Waals surface area contributed by atoms with Crippen molar-refractivity contribution in [1.82, 2.24) is 14.6 Å². The Hall–Kier alpha value is -2.21. The summed E-state index contributed by atoms with van der Waals surface area (Å²) in [6.07, 6.45) is 7.08. The Morgan fingerprint density at radius 3 is 2.54 bits per heavy atom. The van der Waals surface area contributed by atoms with Crippen LogP contribution in [0.5, 0.6) is 0 Å². The predicted octanol–water partition coefficient (Wildman–Crippen LogP) is 5.00. The van der Waals surface area contributed by atoms with E-state index in [-0.39, 0.29) is 5.92 Å². The summed E-state index contributed by atoms with van der Waals surface area (Å²) in [4.78, 5) is 2.22. The maximum atomic E-state index is 14.1. The number of nitrogens with zero attached hydrogens (tertiary/aromatic N) is 4. The van der Waals surface area contributed by atoms with Crippen LogP contribution in [-0.4, -0.2) is 27.7 Å². The van der Waals surface area contributed by atoms with Gasteiger partial charge in [0.05, 0.1) is 5.69 Å². The average Bonchev–Trinajstić information content (AvgIpc) is 3.41. The van der Waals surface area contributed by atoms with Crippen molar-refractivity contribution in [3.05, 3.63) is 58.5 Å². The molecule has 3 aromatic rings. The quantitative estimate of drug-likeness (QED) is 0.616. The zero-order valence-electron chi connectivity index (χ0n) is 15.4. The third kappa shape index (κ3) is 3.24. The van der Waals surface area contributed by atoms with Gasteiger partial charge in [-0.2, -0.15) is 0 Å². The summed E-state index contributed by atoms with van der Waals surface area (Å²) in [6, 6.07) is 5.90. The lowest BCUT2D eigenvalue weighted by molar-refractivity contribution is 0.477. The molecule has 0 bridgehead atoms. The van der Waals surface area contributed by atoms with Gasteiger partial charge in [0, 0.05) is 31.8 Å². The maximum absolute atomic E-state index is 14.1. The molecule has 1 aliphatic heterocycles. The van der Waals surface area contributed by atoms with Gasteiger partial charge in [-0.1, -0.05) is 17.7 Å². The van der Waals surface area contributed by atoms with Crippen LogP contribution in [0.4, 0.5) is 14.5 Å². The number of benzene rings is 1. The molecule has 0 N–H and O–H groups in total. The van der Waals surface area contributed by atoms with Crippen LogP contribution >= 0.6 is 11.6 Å². The first-order chi connectivity index (χ1) is 13.6. The summed E-state index contributed by atoms with van der Waals surface area (Å²) >= 11 is 6.67. The molecule has 146 valence electrons. The lowest BCUT2D eigenvalue weighted by Gasteiger charge is -2.34. The number of hydrogen-bond acceptors (Lipinski definition) is 3. The monoisotopic (exact) mass is 402 g/mol. The lowest BCUT2D eigenvalue weighted by Crippen LogP contribution is -2.33. The molecule has 2 aliphatic rings. The summed E-state index contributed by atoms with van der Waals surface area (Å²) in [5, 5.41) is 9.25. The second kappa shape index (κ2) is 6.99. The van der Waals surface area contributed by atoms with E-state index in [4.69, 9.17) is 11.6 Å². The molecule has 0 spiro atoms. The minimum atomic E-state index is -0.534. The van der Waals surface area contributed by atoms with Gasteiger partial charge < -0.3 is 4.90 Å². The van der Waals surface area contributed by atoms with E-state index < -0.39 is 11.6 Å². The highest BCUT2D eigenvalue weighted by Crippen LogP contribution is 2.37. The molecule has 0 atom stereocenters. The average molecular weight is 403 g/mol. The first-order valence-electron chi connectivity index (χ1n) is 9.82. The van der Waals surface area contributed by atoms with E-state index in [1.807, 2.05) is 16.7 Å². The first-order valence-corrected chi connectivity index (χ1v) is 10.2. The van der Waals surface area contributed by atoms with E-state index in [1.165, 1.54) is 18.9 Å². The standard InChI is InChI=1S/C21H21ClF2N4/c22-20-18(7-10-28-19(11-13-1-2-13)25-26-21(20)28)27-8-5-14(6-9-27)16-4-3-15(23)12-17(16)24/h3-4,7,10,12-14H,1-2,5-6,8-9,11H2. The first kappa shape index (κ1) is 17.9. The van der Waals surface area contributed by atoms with E-state index in [2.05, 4.69) is 15.1 Å². The zero-order chi connectivity index (χ0) is 19.3. The molecular formula is C21H21ClF2N4. The van der Waals surface area contributed by atoms with Gasteiger partial charge in [-0.05, 0) is 55.2 Å². The Labute approximate surface area is 167 Å². The Kier molecular flexibility index (Phi) is 4.46. The van der Waals surface area contributed by atoms with Gasteiger partial charge in [-0.3, -0.25) is 4.40 Å². The lowest BCUT2D eigenvalue weighted by atomic mass is 9.89. The van der Waals surface area contributed by atoms with Crippen molar-refractivity contribution in [2.24, 2.45) is 5.92 Å². The van der Waals surface area contributed by atoms with Gasteiger partial charge in [0.25, 0.3) is 0 Å². The van der Waals surface area contributed by atoms with Crippen LogP contribution < -0.4 is 4.90 Å². The SMILES string of the molecule is Fc1ccc(C2CCN(c3ccn4c(CC5CC5)nnc4c3Cl)CC2)c(F)c1. The van der Waals surface area contributed by atoms with E-state index in [9.17, 15) is 8.78 Å². The number of aromatic nitrogens is 3. The largest absolute Gasteiger partial charge is 0.370 e. The highest BCUT2D eigenvalue weighted by molar-refractivity contribution is 6.36. The van der Waals surface area contributed by atoms with Crippen LogP contribution in [0.15, 0.2) is 30.5 Å². The molecule has 7 heteroatoms. The minimum Gasteiger partial charge on any atom is -0.370 e. The van der Waals surface area contributed by atoms with Crippen LogP contribution in [-0.2, 0) is 6.42 Å². The molecule has 1 saturated carbocycles. The smallest absolute Gasteiger partial charge is 0.181 e. The van der Waals surface area contributed by atoms with Crippen molar-refractivity contribution in [2.45, 2.75) is 38.0 Å². The number of piperidine rings is 1. The molecule has 1 aliphatic carbocycles. The number of hydrogen-bond donors (Lipinski definition) is 0. The van der Waals surface area contributed by atoms with Crippen molar-refractivity contribution in [3.63, 3.8) is 0 Å². The van der Waals surface area contributed by atoms with E-state index >= 15 is 0 Å². The number of pyridine rings is 1. The Morgan fingerprint density at radius 1 is 1.04 bits per heavy atom. The molecule has 1 saturated heterocycles. The van der Waals surface area contributed by atoms with E-state index in [0.29, 0.717) is 16.2 Å². The number of halogens is 3. The van der Waals surface area contributed by atoms with Gasteiger partial charge in [0.15, 0.2) is 5.65 Å². The maximum Gasteiger partial charge on any atom is 0.181 e. The Morgan fingerprint density at radius 2 is 1.82 bits per heavy atom. The Bertz CT molecular complexity index is 1020. The van der Waals surface area contributed by atoms with Gasteiger partial charge in [-0.25, -0.2) is 8.78 Å². The topological polar surface area (TPSA) is 33.4 Å². The summed E-state index contributed by atoms with van der Waals surface area (Å²) in [7, 11) is 0. The second-order valence-electron chi connectivity index (χ2n) is 7.90. The van der Waals surface area contributed by atoms with Crippen LogP contribution in [0, 0.1) is 17.6 Å². The normalized spacial score (nSPS) is 18.2. The molecule has 2 fully saturated rings. The molecule has 0 unspecified atom stereocenters. The molecule has 4 nitrogen and oxygen atoms in total. The van der Waals surface area contributed by atoms with Crippen LogP contribution in [0.3, 0.4) is 0 Å². The third-order valence-corrected chi connectivity index (χ3v) is 6.34. The molecule has 28 heavy (non-hydrogen) atoms. The van der Waals surface area contributed by atoms with Gasteiger partial charge in [0.1, 0.15) is 22.5 Å². The van der Waals surface area contributed by atoms with E-state index in [1.54, 1.807) is 6.07 Å². The van der Waals surface area contributed by atoms with Gasteiger partial charge in [-0.15, -0.1) is 10.2 Å². The highest BCUT2D eigenvalue weighted by atomic mass is 35.5. The van der Waals surface area contributed by atoms with Crippen molar-refractivity contribution >= 4 is 22.9 Å². The zero-order valence-corrected chi connectivity index (χ0v) is 16.2. The molecule has 0 amide bonds. The van der Waals surface area contributed by atoms with Crippen molar-refractivity contribution in [1.29, 1.82) is 0 Å². The molecule has 2 aromatic heterocycles. The van der Waals surface area contributed by atoms with Crippen molar-refractivity contribution in [3.8, 4) is 0 Å². The third-order valence-electron chi connectivity index (χ3n) is 5.98. The molecule has 5 rings (SSSR count). The van der Waals surface area contributed by atoms with Crippen LogP contribution in [0.2, 0.25) is 5.02 Å². The number of rotatable bonds is 4. The fraction of sp³-hybridized carbons (Fsp3) is 0.429. The summed E-state index contributed by atoms with van der Waals surface area (Å²) in [5.41, 5.74) is 2.24. The highest BCUT2D eigenvalue weighted by Gasteiger charge is 2.27. The van der Waals surface area contributed by atoms with Crippen molar-refractivity contribution in [2.75, 3.05) is 18.0 Å². The Balaban J connectivity index is 1.34. The molecule has 3 heterocycles. The summed E-state index contributed by atoms with van der Waals surface area (Å²) < 4.78 is 29.3. The van der Waals surface area contributed by atoms with Gasteiger partial charge in [0.2, 0.25) is 0 Å². The van der Waals surface area contributed by atoms with Crippen molar-refractivity contribution < 1.29 is 8.78 Å². The fourth-order valence-corrected chi connectivity index (χ4v) is 4.50. The summed E-state index contributed by atoms with van der Waals surface area (Å²) in [5.74, 6) is 0.809. The summed E-state index contributed by atoms with van der Waals surface area (Å²) in [6.45, 7) is 1.53. The van der Waals surface area contributed by atoms with Gasteiger partial charge >= 0.3 is 0 Å². The minimum absolute atomic E-state index is 0.0950. The van der Waals surface area contributed by atoms with Crippen LogP contribution in [0.1, 0.15) is 43.0 Å². The van der Waals surface area contributed by atoms with E-state index in [0.717, 1.165) is 55.8 Å².